The van der Waals surface area contributed by atoms with Gasteiger partial charge in [-0.3, -0.25) is 0 Å². The summed E-state index contributed by atoms with van der Waals surface area (Å²) >= 11 is 0. The number of rotatable bonds is 7. The molecule has 0 aliphatic rings. The molecule has 1 aromatic heterocycles. The van der Waals surface area contributed by atoms with Crippen molar-refractivity contribution in [1.82, 2.24) is 10.2 Å². The monoisotopic (exact) mass is 267 g/mol. The number of anilines is 1. The van der Waals surface area contributed by atoms with Gasteiger partial charge in [-0.15, -0.1) is 5.10 Å². The predicted octanol–water partition coefficient (Wildman–Crippen LogP) is 1.75. The third kappa shape index (κ3) is 3.64. The second-order valence-corrected chi connectivity index (χ2v) is 4.36. The van der Waals surface area contributed by atoms with Gasteiger partial charge in [-0.05, 0) is 25.3 Å². The smallest absolute Gasteiger partial charge is 0.339 e. The summed E-state index contributed by atoms with van der Waals surface area (Å²) < 4.78 is 5.02. The molecule has 1 aromatic rings. The zero-order chi connectivity index (χ0) is 14.4. The first-order valence-corrected chi connectivity index (χ1v) is 6.42. The molecular weight excluding hydrogens is 246 g/mol. The number of carboxylic acid groups (broad SMARTS) is 1. The minimum atomic E-state index is -0.978. The molecule has 6 heteroatoms. The third-order valence-corrected chi connectivity index (χ3v) is 2.86. The van der Waals surface area contributed by atoms with Crippen molar-refractivity contribution in [2.24, 2.45) is 0 Å². The lowest BCUT2D eigenvalue weighted by atomic mass is 10.0. The summed E-state index contributed by atoms with van der Waals surface area (Å²) in [5, 5.41) is 20.6. The Kier molecular flexibility index (Phi) is 5.69. The molecule has 0 saturated carbocycles. The van der Waals surface area contributed by atoms with Crippen LogP contribution in [0.1, 0.15) is 42.4 Å². The van der Waals surface area contributed by atoms with Gasteiger partial charge in [-0.2, -0.15) is 5.10 Å². The molecule has 106 valence electrons. The Morgan fingerprint density at radius 3 is 2.53 bits per heavy atom. The molecule has 0 amide bonds. The molecule has 0 aliphatic heterocycles. The summed E-state index contributed by atoms with van der Waals surface area (Å²) in [4.78, 5) is 11.5. The van der Waals surface area contributed by atoms with E-state index in [1.165, 1.54) is 0 Å². The Balaban J connectivity index is 3.20. The second kappa shape index (κ2) is 7.04. The number of aromatic carboxylic acids is 1. The molecule has 0 aliphatic carbocycles. The molecule has 0 aromatic carbocycles. The molecule has 1 atom stereocenters. The largest absolute Gasteiger partial charge is 0.478 e. The molecule has 0 saturated heterocycles. The number of hydrogen-bond donors (Lipinski definition) is 2. The topological polar surface area (TPSA) is 84.3 Å². The van der Waals surface area contributed by atoms with Crippen LogP contribution < -0.4 is 5.32 Å². The SMILES string of the molecule is CCc1nnc(NC(C)COC)c(C(=O)O)c1CC. The molecule has 1 heterocycles. The number of aromatic nitrogens is 2. The van der Waals surface area contributed by atoms with E-state index in [1.807, 2.05) is 20.8 Å². The Morgan fingerprint density at radius 1 is 1.37 bits per heavy atom. The van der Waals surface area contributed by atoms with Crippen LogP contribution in [0, 0.1) is 0 Å². The van der Waals surface area contributed by atoms with Crippen LogP contribution in [0.3, 0.4) is 0 Å². The molecule has 19 heavy (non-hydrogen) atoms. The average Bonchev–Trinajstić information content (AvgIpc) is 2.37. The van der Waals surface area contributed by atoms with Gasteiger partial charge in [0.05, 0.1) is 12.3 Å². The van der Waals surface area contributed by atoms with Gasteiger partial charge >= 0.3 is 5.97 Å². The Labute approximate surface area is 113 Å². The number of carboxylic acids is 1. The van der Waals surface area contributed by atoms with Crippen molar-refractivity contribution >= 4 is 11.8 Å². The lowest BCUT2D eigenvalue weighted by molar-refractivity contribution is 0.0696. The second-order valence-electron chi connectivity index (χ2n) is 4.36. The van der Waals surface area contributed by atoms with Crippen LogP contribution in [-0.4, -0.2) is 41.0 Å². The van der Waals surface area contributed by atoms with Crippen LogP contribution in [0.2, 0.25) is 0 Å². The minimum Gasteiger partial charge on any atom is -0.478 e. The fraction of sp³-hybridized carbons (Fsp3) is 0.615. The maximum atomic E-state index is 11.5. The quantitative estimate of drug-likeness (QED) is 0.783. The predicted molar refractivity (Wildman–Crippen MR) is 72.7 cm³/mol. The van der Waals surface area contributed by atoms with E-state index in [9.17, 15) is 9.90 Å². The maximum Gasteiger partial charge on any atom is 0.339 e. The van der Waals surface area contributed by atoms with Crippen molar-refractivity contribution in [1.29, 1.82) is 0 Å². The van der Waals surface area contributed by atoms with Crippen molar-refractivity contribution < 1.29 is 14.6 Å². The van der Waals surface area contributed by atoms with Crippen LogP contribution >= 0.6 is 0 Å². The first-order valence-electron chi connectivity index (χ1n) is 6.42. The minimum absolute atomic E-state index is 0.0328. The summed E-state index contributed by atoms with van der Waals surface area (Å²) in [6.45, 7) is 6.23. The maximum absolute atomic E-state index is 11.5. The van der Waals surface area contributed by atoms with E-state index in [1.54, 1.807) is 7.11 Å². The van der Waals surface area contributed by atoms with Gasteiger partial charge in [0.2, 0.25) is 0 Å². The van der Waals surface area contributed by atoms with E-state index < -0.39 is 5.97 Å². The highest BCUT2D eigenvalue weighted by Crippen LogP contribution is 2.21. The van der Waals surface area contributed by atoms with E-state index in [0.717, 1.165) is 11.3 Å². The molecule has 0 bridgehead atoms. The fourth-order valence-corrected chi connectivity index (χ4v) is 2.03. The van der Waals surface area contributed by atoms with Crippen molar-refractivity contribution in [3.63, 3.8) is 0 Å². The number of aryl methyl sites for hydroxylation is 1. The van der Waals surface area contributed by atoms with Crippen LogP contribution in [0.4, 0.5) is 5.82 Å². The normalized spacial score (nSPS) is 12.2. The number of ether oxygens (including phenoxy) is 1. The summed E-state index contributed by atoms with van der Waals surface area (Å²) in [6.07, 6.45) is 1.29. The standard InChI is InChI=1S/C13H21N3O3/c1-5-9-10(6-2)15-16-12(11(9)13(17)18)14-8(3)7-19-4/h8H,5-7H2,1-4H3,(H,14,16)(H,17,18). The number of methoxy groups -OCH3 is 1. The Bertz CT molecular complexity index is 449. The van der Waals surface area contributed by atoms with Crippen LogP contribution in [0.25, 0.3) is 0 Å². The zero-order valence-electron chi connectivity index (χ0n) is 11.9. The van der Waals surface area contributed by atoms with E-state index in [2.05, 4.69) is 15.5 Å². The first-order chi connectivity index (χ1) is 9.04. The zero-order valence-corrected chi connectivity index (χ0v) is 11.9. The molecule has 0 spiro atoms. The van der Waals surface area contributed by atoms with Gasteiger partial charge in [0, 0.05) is 13.2 Å². The molecule has 2 N–H and O–H groups in total. The number of hydrogen-bond acceptors (Lipinski definition) is 5. The van der Waals surface area contributed by atoms with E-state index in [-0.39, 0.29) is 11.6 Å². The number of carbonyl (C=O) groups is 1. The summed E-state index contributed by atoms with van der Waals surface area (Å²) in [5.41, 5.74) is 1.71. The third-order valence-electron chi connectivity index (χ3n) is 2.86. The van der Waals surface area contributed by atoms with Crippen LogP contribution in [0.15, 0.2) is 0 Å². The van der Waals surface area contributed by atoms with Gasteiger partial charge in [0.25, 0.3) is 0 Å². The highest BCUT2D eigenvalue weighted by Gasteiger charge is 2.21. The molecular formula is C13H21N3O3. The van der Waals surface area contributed by atoms with E-state index in [0.29, 0.717) is 25.3 Å². The van der Waals surface area contributed by atoms with Crippen molar-refractivity contribution in [2.45, 2.75) is 39.7 Å². The highest BCUT2D eigenvalue weighted by atomic mass is 16.5. The van der Waals surface area contributed by atoms with Crippen molar-refractivity contribution in [2.75, 3.05) is 19.0 Å². The van der Waals surface area contributed by atoms with Crippen LogP contribution in [-0.2, 0) is 17.6 Å². The van der Waals surface area contributed by atoms with Gasteiger partial charge in [-0.1, -0.05) is 13.8 Å². The first kappa shape index (κ1) is 15.4. The molecule has 6 nitrogen and oxygen atoms in total. The molecule has 0 fully saturated rings. The van der Waals surface area contributed by atoms with Gasteiger partial charge < -0.3 is 15.2 Å². The highest BCUT2D eigenvalue weighted by molar-refractivity contribution is 5.95. The fourth-order valence-electron chi connectivity index (χ4n) is 2.03. The number of nitrogens with zero attached hydrogens (tertiary/aromatic N) is 2. The Hall–Kier alpha value is -1.69. The molecule has 0 radical (unpaired) electrons. The van der Waals surface area contributed by atoms with E-state index >= 15 is 0 Å². The average molecular weight is 267 g/mol. The van der Waals surface area contributed by atoms with E-state index in [4.69, 9.17) is 4.74 Å². The van der Waals surface area contributed by atoms with Crippen molar-refractivity contribution in [3.05, 3.63) is 16.8 Å². The van der Waals surface area contributed by atoms with Gasteiger partial charge in [-0.25, -0.2) is 4.79 Å². The molecule has 1 rings (SSSR count). The summed E-state index contributed by atoms with van der Waals surface area (Å²) in [6, 6.07) is -0.0328. The molecule has 1 unspecified atom stereocenters. The Morgan fingerprint density at radius 2 is 2.05 bits per heavy atom. The summed E-state index contributed by atoms with van der Waals surface area (Å²) in [5.74, 6) is -0.667. The lowest BCUT2D eigenvalue weighted by Gasteiger charge is -2.17. The van der Waals surface area contributed by atoms with Crippen molar-refractivity contribution in [3.8, 4) is 0 Å². The summed E-state index contributed by atoms with van der Waals surface area (Å²) in [7, 11) is 1.60. The lowest BCUT2D eigenvalue weighted by Crippen LogP contribution is -2.24. The van der Waals surface area contributed by atoms with Crippen LogP contribution in [0.5, 0.6) is 0 Å². The van der Waals surface area contributed by atoms with Gasteiger partial charge in [0.1, 0.15) is 5.56 Å². The number of nitrogens with one attached hydrogen (secondary N) is 1. The van der Waals surface area contributed by atoms with Gasteiger partial charge in [0.15, 0.2) is 5.82 Å².